The SMILES string of the molecule is Cl.N[C@H]1CCc2c(C(=O)Nc3ccc(F)c(Cl)c3)ccc(F)c21.O=C(N[C@H]1CCc2c(C(=O)Nc3ccc(F)c(Cl)c3)ccc(F)c21)OCc1ccncn1.O=C(OCc1ccncn1)n1ccnc1. The number of halogens is 7. The molecule has 2 aliphatic carbocycles. The van der Waals surface area contributed by atoms with E-state index in [1.807, 2.05) is 0 Å². The van der Waals surface area contributed by atoms with Crippen LogP contribution in [-0.4, -0.2) is 53.5 Å². The van der Waals surface area contributed by atoms with Crippen molar-refractivity contribution in [3.63, 3.8) is 0 Å². The lowest BCUT2D eigenvalue weighted by atomic mass is 10.0. The van der Waals surface area contributed by atoms with Crippen LogP contribution in [0.2, 0.25) is 10.0 Å². The maximum absolute atomic E-state index is 14.6. The van der Waals surface area contributed by atoms with E-state index in [9.17, 15) is 36.7 Å². The molecule has 0 radical (unpaired) electrons. The van der Waals surface area contributed by atoms with Crippen LogP contribution in [0.4, 0.5) is 38.5 Å². The molecule has 70 heavy (non-hydrogen) atoms. The molecule has 3 amide bonds. The summed E-state index contributed by atoms with van der Waals surface area (Å²) in [6, 6.07) is 15.2. The average Bonchev–Trinajstić information content (AvgIpc) is 4.13. The van der Waals surface area contributed by atoms with Crippen molar-refractivity contribution in [3.05, 3.63) is 195 Å². The molecule has 362 valence electrons. The Bertz CT molecular complexity index is 2980. The zero-order valence-corrected chi connectivity index (χ0v) is 38.6. The molecule has 3 heterocycles. The van der Waals surface area contributed by atoms with Crippen LogP contribution in [0, 0.1) is 23.3 Å². The topological polar surface area (TPSA) is 218 Å². The van der Waals surface area contributed by atoms with Crippen molar-refractivity contribution in [3.8, 4) is 0 Å². The number of anilines is 2. The van der Waals surface area contributed by atoms with Crippen LogP contribution >= 0.6 is 35.6 Å². The third-order valence-corrected chi connectivity index (χ3v) is 11.1. The van der Waals surface area contributed by atoms with Gasteiger partial charge in [0.2, 0.25) is 0 Å². The normalized spacial score (nSPS) is 13.9. The average molecular weight is 1020 g/mol. The maximum atomic E-state index is 14.6. The van der Waals surface area contributed by atoms with Gasteiger partial charge in [-0.1, -0.05) is 23.2 Å². The number of benzene rings is 4. The minimum Gasteiger partial charge on any atom is -0.443 e. The summed E-state index contributed by atoms with van der Waals surface area (Å²) in [6.07, 6.45) is 11.0. The van der Waals surface area contributed by atoms with Gasteiger partial charge in [-0.25, -0.2) is 56.6 Å². The molecule has 23 heteroatoms. The zero-order chi connectivity index (χ0) is 49.0. The lowest BCUT2D eigenvalue weighted by Gasteiger charge is -2.16. The smallest absolute Gasteiger partial charge is 0.419 e. The van der Waals surface area contributed by atoms with Gasteiger partial charge in [0.05, 0.1) is 27.5 Å². The van der Waals surface area contributed by atoms with Crippen LogP contribution in [0.3, 0.4) is 0 Å². The summed E-state index contributed by atoms with van der Waals surface area (Å²) < 4.78 is 66.3. The number of carbonyl (C=O) groups is 4. The molecule has 2 aliphatic rings. The summed E-state index contributed by atoms with van der Waals surface area (Å²) in [4.78, 5) is 67.8. The summed E-state index contributed by atoms with van der Waals surface area (Å²) in [6.45, 7) is 0.0681. The number of carbonyl (C=O) groups excluding carboxylic acids is 4. The highest BCUT2D eigenvalue weighted by Crippen LogP contribution is 2.37. The van der Waals surface area contributed by atoms with E-state index in [1.54, 1.807) is 18.3 Å². The van der Waals surface area contributed by atoms with Gasteiger partial charge in [0, 0.05) is 64.5 Å². The molecule has 0 bridgehead atoms. The molecular weight excluding hydrogens is 983 g/mol. The number of hydrogen-bond donors (Lipinski definition) is 4. The van der Waals surface area contributed by atoms with Gasteiger partial charge in [0.25, 0.3) is 11.8 Å². The first-order valence-corrected chi connectivity index (χ1v) is 21.5. The Morgan fingerprint density at radius 3 is 1.69 bits per heavy atom. The zero-order valence-electron chi connectivity index (χ0n) is 36.3. The fraction of sp³-hybridized carbons (Fsp3) is 0.170. The van der Waals surface area contributed by atoms with E-state index in [2.05, 4.69) is 40.9 Å². The van der Waals surface area contributed by atoms with Crippen LogP contribution < -0.4 is 21.7 Å². The highest BCUT2D eigenvalue weighted by atomic mass is 35.5. The molecule has 4 aromatic carbocycles. The number of aromatic nitrogens is 6. The van der Waals surface area contributed by atoms with Gasteiger partial charge < -0.3 is 31.2 Å². The van der Waals surface area contributed by atoms with E-state index in [0.29, 0.717) is 70.7 Å². The van der Waals surface area contributed by atoms with Crippen LogP contribution in [0.25, 0.3) is 0 Å². The van der Waals surface area contributed by atoms with Crippen LogP contribution in [0.1, 0.15) is 79.3 Å². The first kappa shape index (κ1) is 51.9. The minimum atomic E-state index is -0.725. The summed E-state index contributed by atoms with van der Waals surface area (Å²) in [5.41, 5.74) is 10.2. The van der Waals surface area contributed by atoms with Crippen LogP contribution in [-0.2, 0) is 35.5 Å². The minimum absolute atomic E-state index is 0. The Morgan fingerprint density at radius 1 is 0.657 bits per heavy atom. The van der Waals surface area contributed by atoms with Crippen molar-refractivity contribution in [2.24, 2.45) is 5.73 Å². The number of imidazole rings is 1. The number of ether oxygens (including phenoxy) is 2. The van der Waals surface area contributed by atoms with E-state index in [1.165, 1.54) is 96.7 Å². The highest BCUT2D eigenvalue weighted by Gasteiger charge is 2.32. The van der Waals surface area contributed by atoms with Crippen LogP contribution in [0.5, 0.6) is 0 Å². The van der Waals surface area contributed by atoms with Gasteiger partial charge >= 0.3 is 12.2 Å². The third-order valence-electron chi connectivity index (χ3n) is 10.5. The number of fused-ring (bicyclic) bond motifs is 2. The Hall–Kier alpha value is -7.52. The molecule has 0 saturated carbocycles. The summed E-state index contributed by atoms with van der Waals surface area (Å²) >= 11 is 11.4. The highest BCUT2D eigenvalue weighted by molar-refractivity contribution is 6.31. The summed E-state index contributed by atoms with van der Waals surface area (Å²) in [7, 11) is 0. The van der Waals surface area contributed by atoms with Crippen molar-refractivity contribution in [2.45, 2.75) is 51.0 Å². The third kappa shape index (κ3) is 13.2. The standard InChI is InChI=1S/C22H17ClF2N4O3.C16H13ClF2N2O.C9H8N4O2.ClH/c23-16-9-12(1-4-17(16)24)28-21(30)15-2-5-18(25)20-14(15)3-6-19(20)29-22(31)32-10-13-7-8-26-11-27-13;17-11-7-8(1-4-12(11)18)21-16(22)10-2-5-13(19)15-9(10)3-6-14(15)20;14-9(13-4-3-11-7-13)15-5-8-1-2-10-6-12-8;/h1-2,4-5,7-9,11,19H,3,6,10H2,(H,28,30)(H,29,31);1-2,4-5,7,14H,3,6,20H2,(H,21,22);1-4,6-7H,5H2;1H/t19-;14-;;/m00../s1. The molecule has 2 atom stereocenters. The number of alkyl carbamates (subject to hydrolysis) is 1. The fourth-order valence-electron chi connectivity index (χ4n) is 7.29. The molecule has 7 aromatic rings. The predicted octanol–water partition coefficient (Wildman–Crippen LogP) is 9.67. The van der Waals surface area contributed by atoms with E-state index in [-0.39, 0.29) is 58.7 Å². The molecule has 9 rings (SSSR count). The van der Waals surface area contributed by atoms with E-state index >= 15 is 0 Å². The Balaban J connectivity index is 0.000000183. The molecule has 0 aliphatic heterocycles. The molecular formula is C47H39Cl3F4N10O6. The van der Waals surface area contributed by atoms with Gasteiger partial charge in [-0.2, -0.15) is 0 Å². The molecule has 0 fully saturated rings. The molecule has 16 nitrogen and oxygen atoms in total. The van der Waals surface area contributed by atoms with Gasteiger partial charge in [0.1, 0.15) is 55.5 Å². The molecule has 0 unspecified atom stereocenters. The summed E-state index contributed by atoms with van der Waals surface area (Å²) in [5.74, 6) is -2.97. The monoisotopic (exact) mass is 1020 g/mol. The first-order chi connectivity index (χ1) is 33.2. The lowest BCUT2D eigenvalue weighted by Crippen LogP contribution is -2.28. The van der Waals surface area contributed by atoms with Crippen LogP contribution in [0.15, 0.2) is 117 Å². The van der Waals surface area contributed by atoms with Crippen molar-refractivity contribution in [1.82, 2.24) is 34.8 Å². The van der Waals surface area contributed by atoms with Crippen molar-refractivity contribution in [1.29, 1.82) is 0 Å². The van der Waals surface area contributed by atoms with Gasteiger partial charge in [-0.3, -0.25) is 9.59 Å². The second-order valence-electron chi connectivity index (χ2n) is 15.0. The Kier molecular flexibility index (Phi) is 17.9. The molecule has 0 saturated heterocycles. The number of amides is 3. The van der Waals surface area contributed by atoms with Crippen molar-refractivity contribution >= 4 is 71.0 Å². The van der Waals surface area contributed by atoms with Gasteiger partial charge in [-0.15, -0.1) is 12.4 Å². The number of nitrogens with one attached hydrogen (secondary N) is 3. The van der Waals surface area contributed by atoms with Gasteiger partial charge in [0.15, 0.2) is 0 Å². The van der Waals surface area contributed by atoms with Crippen molar-refractivity contribution < 1.29 is 46.2 Å². The lowest BCUT2D eigenvalue weighted by molar-refractivity contribution is 0.101. The Labute approximate surface area is 412 Å². The van der Waals surface area contributed by atoms with E-state index in [0.717, 1.165) is 6.07 Å². The van der Waals surface area contributed by atoms with Crippen molar-refractivity contribution in [2.75, 3.05) is 10.6 Å². The predicted molar refractivity (Wildman–Crippen MR) is 250 cm³/mol. The van der Waals surface area contributed by atoms with E-state index in [4.69, 9.17) is 38.4 Å². The fourth-order valence-corrected chi connectivity index (χ4v) is 7.65. The molecule has 3 aromatic heterocycles. The number of nitrogens with two attached hydrogens (primary N) is 1. The number of hydrogen-bond acceptors (Lipinski definition) is 12. The maximum Gasteiger partial charge on any atom is 0.419 e. The second-order valence-corrected chi connectivity index (χ2v) is 15.8. The summed E-state index contributed by atoms with van der Waals surface area (Å²) in [5, 5.41) is 7.70. The molecule has 5 N–H and O–H groups in total. The van der Waals surface area contributed by atoms with Gasteiger partial charge in [-0.05, 0) is 110 Å². The largest absolute Gasteiger partial charge is 0.443 e. The number of rotatable bonds is 9. The van der Waals surface area contributed by atoms with E-state index < -0.39 is 47.5 Å². The second kappa shape index (κ2) is 24.2. The number of nitrogens with zero attached hydrogens (tertiary/aromatic N) is 6. The Morgan fingerprint density at radius 2 is 1.17 bits per heavy atom. The molecule has 0 spiro atoms. The quantitative estimate of drug-likeness (QED) is 0.0994. The first-order valence-electron chi connectivity index (χ1n) is 20.7.